The van der Waals surface area contributed by atoms with Gasteiger partial charge in [-0.2, -0.15) is 0 Å². The van der Waals surface area contributed by atoms with Gasteiger partial charge in [-0.15, -0.1) is 0 Å². The molecule has 0 spiro atoms. The fourth-order valence-electron chi connectivity index (χ4n) is 3.20. The second-order valence-electron chi connectivity index (χ2n) is 6.55. The number of nitrogens with zero attached hydrogens (tertiary/aromatic N) is 2. The van der Waals surface area contributed by atoms with E-state index in [2.05, 4.69) is 29.1 Å². The number of carbonyl (C=O) groups is 1. The van der Waals surface area contributed by atoms with Crippen molar-refractivity contribution in [1.82, 2.24) is 24.8 Å². The van der Waals surface area contributed by atoms with Crippen LogP contribution in [-0.2, 0) is 0 Å². The minimum atomic E-state index is -0.237. The number of hydrogen-bond donors (Lipinski definition) is 3. The summed E-state index contributed by atoms with van der Waals surface area (Å²) >= 11 is 0. The molecule has 26 heavy (non-hydrogen) atoms. The number of aromatic nitrogens is 4. The number of carbonyl (C=O) groups excluding carboxylic acids is 1. The monoisotopic (exact) mass is 349 g/mol. The van der Waals surface area contributed by atoms with Crippen molar-refractivity contribution >= 4 is 28.0 Å². The zero-order chi connectivity index (χ0) is 18.4. The molecular formula is C19H19N5O2. The molecule has 0 atom stereocenters. The molecule has 7 nitrogen and oxygen atoms in total. The van der Waals surface area contributed by atoms with Crippen LogP contribution in [0, 0.1) is 0 Å². The summed E-state index contributed by atoms with van der Waals surface area (Å²) in [7, 11) is 1.61. The van der Waals surface area contributed by atoms with Crippen LogP contribution in [0.15, 0.2) is 41.2 Å². The normalized spacial score (nSPS) is 11.5. The summed E-state index contributed by atoms with van der Waals surface area (Å²) in [4.78, 5) is 33.9. The Balaban J connectivity index is 2.01. The summed E-state index contributed by atoms with van der Waals surface area (Å²) in [6.07, 6.45) is 0. The molecule has 4 rings (SSSR count). The summed E-state index contributed by atoms with van der Waals surface area (Å²) in [6, 6.07) is 11.2. The Kier molecular flexibility index (Phi) is 3.64. The molecule has 3 N–H and O–H groups in total. The molecule has 2 aromatic heterocycles. The van der Waals surface area contributed by atoms with Crippen LogP contribution in [0.4, 0.5) is 0 Å². The molecule has 7 heteroatoms. The van der Waals surface area contributed by atoms with Crippen LogP contribution < -0.4 is 11.0 Å². The number of H-pyrrole nitrogens is 2. The first-order valence-corrected chi connectivity index (χ1v) is 8.45. The maximum atomic E-state index is 12.0. The van der Waals surface area contributed by atoms with Gasteiger partial charge in [-0.05, 0) is 36.4 Å². The SMILES string of the molecule is CNC(=O)c1ccc2nc(C(C)C)n(-c3ccc4[nH]c(=O)[nH]c4c3)c2c1. The van der Waals surface area contributed by atoms with E-state index < -0.39 is 0 Å². The first kappa shape index (κ1) is 16.1. The average molecular weight is 349 g/mol. The van der Waals surface area contributed by atoms with Gasteiger partial charge in [0, 0.05) is 24.2 Å². The number of benzene rings is 2. The van der Waals surface area contributed by atoms with Crippen LogP contribution in [0.1, 0.15) is 35.9 Å². The lowest BCUT2D eigenvalue weighted by molar-refractivity contribution is 0.0963. The van der Waals surface area contributed by atoms with Crippen LogP contribution in [0.2, 0.25) is 0 Å². The Morgan fingerprint density at radius 3 is 2.62 bits per heavy atom. The number of fused-ring (bicyclic) bond motifs is 2. The molecule has 2 aromatic carbocycles. The molecule has 4 aromatic rings. The predicted octanol–water partition coefficient (Wildman–Crippen LogP) is 2.68. The van der Waals surface area contributed by atoms with Gasteiger partial charge < -0.3 is 15.3 Å². The third-order valence-corrected chi connectivity index (χ3v) is 4.44. The van der Waals surface area contributed by atoms with Gasteiger partial charge in [-0.1, -0.05) is 13.8 Å². The molecule has 0 saturated heterocycles. The van der Waals surface area contributed by atoms with Crippen molar-refractivity contribution in [1.29, 1.82) is 0 Å². The Bertz CT molecular complexity index is 1200. The Morgan fingerprint density at radius 1 is 1.12 bits per heavy atom. The topological polar surface area (TPSA) is 95.6 Å². The zero-order valence-corrected chi connectivity index (χ0v) is 14.8. The van der Waals surface area contributed by atoms with Gasteiger partial charge in [-0.3, -0.25) is 9.36 Å². The van der Waals surface area contributed by atoms with Crippen LogP contribution in [0.25, 0.3) is 27.8 Å². The number of rotatable bonds is 3. The van der Waals surface area contributed by atoms with E-state index >= 15 is 0 Å². The van der Waals surface area contributed by atoms with Gasteiger partial charge in [0.05, 0.1) is 22.1 Å². The lowest BCUT2D eigenvalue weighted by Gasteiger charge is -2.12. The molecule has 0 aliphatic rings. The Labute approximate surface area is 149 Å². The van der Waals surface area contributed by atoms with Crippen molar-refractivity contribution in [2.24, 2.45) is 0 Å². The standard InChI is InChI=1S/C19H19N5O2/c1-10(2)17-21-14-6-4-11(18(25)20-3)8-16(14)24(17)12-5-7-13-15(9-12)23-19(26)22-13/h4-10H,1-3H3,(H,20,25)(H2,22,23,26). The molecule has 2 heterocycles. The summed E-state index contributed by atoms with van der Waals surface area (Å²) in [5.41, 5.74) is 4.38. The van der Waals surface area contributed by atoms with E-state index in [-0.39, 0.29) is 17.5 Å². The summed E-state index contributed by atoms with van der Waals surface area (Å²) in [5, 5.41) is 2.65. The fraction of sp³-hybridized carbons (Fsp3) is 0.211. The van der Waals surface area contributed by atoms with Gasteiger partial charge in [0.2, 0.25) is 0 Å². The minimum absolute atomic E-state index is 0.142. The number of nitrogens with one attached hydrogen (secondary N) is 3. The van der Waals surface area contributed by atoms with Gasteiger partial charge in [-0.25, -0.2) is 9.78 Å². The first-order chi connectivity index (χ1) is 12.5. The van der Waals surface area contributed by atoms with Gasteiger partial charge in [0.25, 0.3) is 5.91 Å². The second kappa shape index (κ2) is 5.87. The maximum Gasteiger partial charge on any atom is 0.323 e. The van der Waals surface area contributed by atoms with Crippen molar-refractivity contribution < 1.29 is 4.79 Å². The van der Waals surface area contributed by atoms with Crippen molar-refractivity contribution in [3.05, 3.63) is 58.3 Å². The molecule has 0 radical (unpaired) electrons. The Hall–Kier alpha value is -3.35. The zero-order valence-electron chi connectivity index (χ0n) is 14.8. The second-order valence-corrected chi connectivity index (χ2v) is 6.55. The highest BCUT2D eigenvalue weighted by molar-refractivity contribution is 5.97. The Morgan fingerprint density at radius 2 is 1.88 bits per heavy atom. The number of hydrogen-bond acceptors (Lipinski definition) is 3. The quantitative estimate of drug-likeness (QED) is 0.530. The largest absolute Gasteiger partial charge is 0.355 e. The first-order valence-electron chi connectivity index (χ1n) is 8.45. The van der Waals surface area contributed by atoms with Gasteiger partial charge in [0.15, 0.2) is 0 Å². The van der Waals surface area contributed by atoms with E-state index in [4.69, 9.17) is 4.98 Å². The van der Waals surface area contributed by atoms with Crippen LogP contribution in [-0.4, -0.2) is 32.5 Å². The summed E-state index contributed by atoms with van der Waals surface area (Å²) < 4.78 is 2.04. The highest BCUT2D eigenvalue weighted by Crippen LogP contribution is 2.28. The van der Waals surface area contributed by atoms with Crippen molar-refractivity contribution in [3.8, 4) is 5.69 Å². The van der Waals surface area contributed by atoms with E-state index in [1.807, 2.05) is 34.9 Å². The highest BCUT2D eigenvalue weighted by atomic mass is 16.1. The molecular weight excluding hydrogens is 330 g/mol. The van der Waals surface area contributed by atoms with Crippen LogP contribution >= 0.6 is 0 Å². The average Bonchev–Trinajstić information content (AvgIpc) is 3.19. The summed E-state index contributed by atoms with van der Waals surface area (Å²) in [6.45, 7) is 4.15. The fourth-order valence-corrected chi connectivity index (χ4v) is 3.20. The molecule has 0 fully saturated rings. The number of aromatic amines is 2. The lowest BCUT2D eigenvalue weighted by Crippen LogP contribution is -2.17. The number of imidazole rings is 2. The van der Waals surface area contributed by atoms with Crippen molar-refractivity contribution in [2.45, 2.75) is 19.8 Å². The van der Waals surface area contributed by atoms with Crippen LogP contribution in [0.5, 0.6) is 0 Å². The van der Waals surface area contributed by atoms with E-state index in [1.54, 1.807) is 13.1 Å². The minimum Gasteiger partial charge on any atom is -0.355 e. The smallest absolute Gasteiger partial charge is 0.323 e. The van der Waals surface area contributed by atoms with Gasteiger partial charge in [0.1, 0.15) is 5.82 Å². The molecule has 0 aliphatic carbocycles. The molecule has 132 valence electrons. The van der Waals surface area contributed by atoms with E-state index in [0.717, 1.165) is 33.6 Å². The molecule has 0 saturated carbocycles. The summed E-state index contributed by atoms with van der Waals surface area (Å²) in [5.74, 6) is 0.939. The van der Waals surface area contributed by atoms with Crippen molar-refractivity contribution in [2.75, 3.05) is 7.05 Å². The lowest BCUT2D eigenvalue weighted by atomic mass is 10.1. The van der Waals surface area contributed by atoms with E-state index in [0.29, 0.717) is 5.56 Å². The van der Waals surface area contributed by atoms with Gasteiger partial charge >= 0.3 is 5.69 Å². The number of amides is 1. The van der Waals surface area contributed by atoms with E-state index in [9.17, 15) is 9.59 Å². The van der Waals surface area contributed by atoms with Crippen LogP contribution in [0.3, 0.4) is 0 Å². The molecule has 1 amide bonds. The predicted molar refractivity (Wildman–Crippen MR) is 101 cm³/mol. The maximum absolute atomic E-state index is 12.0. The molecule has 0 aliphatic heterocycles. The molecule has 0 unspecified atom stereocenters. The van der Waals surface area contributed by atoms with E-state index in [1.165, 1.54) is 0 Å². The highest BCUT2D eigenvalue weighted by Gasteiger charge is 2.17. The third-order valence-electron chi connectivity index (χ3n) is 4.44. The van der Waals surface area contributed by atoms with Crippen molar-refractivity contribution in [3.63, 3.8) is 0 Å². The third kappa shape index (κ3) is 2.48. The molecule has 0 bridgehead atoms.